The summed E-state index contributed by atoms with van der Waals surface area (Å²) in [7, 11) is 0. The van der Waals surface area contributed by atoms with Crippen LogP contribution in [0.4, 0.5) is 19.3 Å². The zero-order valence-electron chi connectivity index (χ0n) is 11.2. The van der Waals surface area contributed by atoms with E-state index in [1.165, 1.54) is 12.3 Å². The average Bonchev–Trinajstić information content (AvgIpc) is 2.11. The lowest BCUT2D eigenvalue weighted by Gasteiger charge is -2.19. The molecule has 106 valence electrons. The first-order chi connectivity index (χ1) is 8.55. The molecular weight excluding hydrogens is 258 g/mol. The summed E-state index contributed by atoms with van der Waals surface area (Å²) in [6.45, 7) is 5.74. The summed E-state index contributed by atoms with van der Waals surface area (Å²) in [5, 5.41) is 2.38. The first-order valence-electron chi connectivity index (χ1n) is 5.57. The lowest BCUT2D eigenvalue weighted by molar-refractivity contribution is -0.159. The van der Waals surface area contributed by atoms with Crippen LogP contribution in [-0.2, 0) is 4.74 Å². The monoisotopic (exact) mass is 274 g/mol. The predicted octanol–water partition coefficient (Wildman–Crippen LogP) is 3.42. The fourth-order valence-corrected chi connectivity index (χ4v) is 1.17. The van der Waals surface area contributed by atoms with Crippen LogP contribution in [0.2, 0.25) is 0 Å². The van der Waals surface area contributed by atoms with E-state index >= 15 is 0 Å². The second kappa shape index (κ2) is 5.38. The Morgan fingerprint density at radius 1 is 1.26 bits per heavy atom. The molecule has 0 unspecified atom stereocenters. The molecule has 0 bridgehead atoms. The van der Waals surface area contributed by atoms with E-state index in [1.807, 2.05) is 0 Å². The highest BCUT2D eigenvalue weighted by Gasteiger charge is 2.23. The van der Waals surface area contributed by atoms with Gasteiger partial charge >= 0.3 is 12.2 Å². The molecule has 1 aromatic rings. The molecule has 1 rings (SSSR count). The minimum atomic E-state index is -3.31. The van der Waals surface area contributed by atoms with Crippen LogP contribution in [0.25, 0.3) is 0 Å². The zero-order valence-corrected chi connectivity index (χ0v) is 11.2. The molecule has 0 atom stereocenters. The quantitative estimate of drug-likeness (QED) is 0.917. The number of alkyl halides is 2. The Morgan fingerprint density at radius 3 is 2.42 bits per heavy atom. The largest absolute Gasteiger partial charge is 0.444 e. The summed E-state index contributed by atoms with van der Waals surface area (Å²) in [4.78, 5) is 15.2. The summed E-state index contributed by atoms with van der Waals surface area (Å²) >= 11 is 0. The lowest BCUT2D eigenvalue weighted by Crippen LogP contribution is -2.27. The van der Waals surface area contributed by atoms with Gasteiger partial charge < -0.3 is 9.47 Å². The number of amides is 1. The third-order valence-electron chi connectivity index (χ3n) is 1.66. The fourth-order valence-electron chi connectivity index (χ4n) is 1.17. The molecule has 7 heteroatoms. The number of rotatable bonds is 3. The second-order valence-corrected chi connectivity index (χ2v) is 4.95. The third kappa shape index (κ3) is 6.54. The molecule has 0 fully saturated rings. The van der Waals surface area contributed by atoms with Gasteiger partial charge in [0, 0.05) is 13.0 Å². The van der Waals surface area contributed by atoms with Crippen LogP contribution in [0.15, 0.2) is 18.5 Å². The second-order valence-electron chi connectivity index (χ2n) is 4.95. The molecule has 0 saturated carbocycles. The van der Waals surface area contributed by atoms with Gasteiger partial charge in [0.2, 0.25) is 0 Å². The zero-order chi connectivity index (χ0) is 14.7. The van der Waals surface area contributed by atoms with E-state index in [2.05, 4.69) is 15.0 Å². The number of carbonyl (C=O) groups is 1. The van der Waals surface area contributed by atoms with Crippen LogP contribution in [-0.4, -0.2) is 22.8 Å². The standard InChI is InChI=1S/C12H16F2N2O3/c1-11(2,3)19-10(17)16-8-5-9(7-15-6-8)18-12(4,13)14/h5-7H,1-4H3,(H,16,17). The van der Waals surface area contributed by atoms with Crippen LogP contribution in [0, 0.1) is 0 Å². The fraction of sp³-hybridized carbons (Fsp3) is 0.500. The van der Waals surface area contributed by atoms with E-state index in [0.29, 0.717) is 6.92 Å². The minimum absolute atomic E-state index is 0.152. The van der Waals surface area contributed by atoms with Crippen LogP contribution in [0.1, 0.15) is 27.7 Å². The van der Waals surface area contributed by atoms with E-state index in [0.717, 1.165) is 6.20 Å². The molecule has 0 aliphatic rings. The van der Waals surface area contributed by atoms with Crippen molar-refractivity contribution < 1.29 is 23.0 Å². The molecule has 1 N–H and O–H groups in total. The van der Waals surface area contributed by atoms with Gasteiger partial charge in [0.25, 0.3) is 0 Å². The summed E-state index contributed by atoms with van der Waals surface area (Å²) in [6, 6.07) is 1.23. The van der Waals surface area contributed by atoms with E-state index in [9.17, 15) is 13.6 Å². The average molecular weight is 274 g/mol. The van der Waals surface area contributed by atoms with E-state index in [-0.39, 0.29) is 11.4 Å². The van der Waals surface area contributed by atoms with Gasteiger partial charge in [-0.25, -0.2) is 4.79 Å². The number of aromatic nitrogens is 1. The number of carbonyl (C=O) groups excluding carboxylic acids is 1. The van der Waals surface area contributed by atoms with Gasteiger partial charge in [-0.2, -0.15) is 8.78 Å². The Balaban J connectivity index is 2.70. The molecule has 0 spiro atoms. The Morgan fingerprint density at radius 2 is 1.89 bits per heavy atom. The number of nitrogens with one attached hydrogen (secondary N) is 1. The summed E-state index contributed by atoms with van der Waals surface area (Å²) in [5.41, 5.74) is -0.446. The van der Waals surface area contributed by atoms with Crippen molar-refractivity contribution in [2.45, 2.75) is 39.4 Å². The topological polar surface area (TPSA) is 60.5 Å². The maximum atomic E-state index is 12.7. The molecule has 0 aliphatic heterocycles. The molecule has 19 heavy (non-hydrogen) atoms. The van der Waals surface area contributed by atoms with Crippen molar-refractivity contribution in [3.63, 3.8) is 0 Å². The Kier molecular flexibility index (Phi) is 4.28. The number of hydrogen-bond acceptors (Lipinski definition) is 4. The molecular formula is C12H16F2N2O3. The van der Waals surface area contributed by atoms with E-state index < -0.39 is 17.8 Å². The van der Waals surface area contributed by atoms with E-state index in [1.54, 1.807) is 20.8 Å². The molecule has 0 aliphatic carbocycles. The van der Waals surface area contributed by atoms with Crippen molar-refractivity contribution in [3.05, 3.63) is 18.5 Å². The van der Waals surface area contributed by atoms with Crippen molar-refractivity contribution >= 4 is 11.8 Å². The molecule has 0 saturated heterocycles. The molecule has 5 nitrogen and oxygen atoms in total. The van der Waals surface area contributed by atoms with Gasteiger partial charge in [-0.3, -0.25) is 10.3 Å². The van der Waals surface area contributed by atoms with Crippen LogP contribution in [0.5, 0.6) is 5.75 Å². The first-order valence-corrected chi connectivity index (χ1v) is 5.57. The van der Waals surface area contributed by atoms with Crippen molar-refractivity contribution in [3.8, 4) is 5.75 Å². The van der Waals surface area contributed by atoms with Gasteiger partial charge in [0.05, 0.1) is 18.1 Å². The van der Waals surface area contributed by atoms with Gasteiger partial charge in [-0.05, 0) is 20.8 Å². The molecule has 0 aromatic carbocycles. The highest BCUT2D eigenvalue weighted by molar-refractivity contribution is 5.84. The van der Waals surface area contributed by atoms with Gasteiger partial charge in [-0.15, -0.1) is 0 Å². The Labute approximate surface area is 109 Å². The van der Waals surface area contributed by atoms with Gasteiger partial charge in [-0.1, -0.05) is 0 Å². The van der Waals surface area contributed by atoms with Crippen molar-refractivity contribution in [2.24, 2.45) is 0 Å². The van der Waals surface area contributed by atoms with Gasteiger partial charge in [0.15, 0.2) is 0 Å². The Hall–Kier alpha value is -1.92. The van der Waals surface area contributed by atoms with Crippen LogP contribution in [0.3, 0.4) is 0 Å². The normalized spacial score (nSPS) is 11.9. The summed E-state index contributed by atoms with van der Waals surface area (Å²) in [6.07, 6.45) is -1.59. The summed E-state index contributed by atoms with van der Waals surface area (Å²) in [5.74, 6) is -0.152. The number of pyridine rings is 1. The summed E-state index contributed by atoms with van der Waals surface area (Å²) < 4.78 is 34.7. The van der Waals surface area contributed by atoms with Crippen LogP contribution >= 0.6 is 0 Å². The van der Waals surface area contributed by atoms with Crippen molar-refractivity contribution in [1.29, 1.82) is 0 Å². The minimum Gasteiger partial charge on any atom is -0.444 e. The Bertz CT molecular complexity index is 453. The molecule has 1 heterocycles. The number of halogens is 2. The highest BCUT2D eigenvalue weighted by Crippen LogP contribution is 2.22. The number of anilines is 1. The molecule has 1 aromatic heterocycles. The third-order valence-corrected chi connectivity index (χ3v) is 1.66. The molecule has 1 amide bonds. The van der Waals surface area contributed by atoms with Crippen molar-refractivity contribution in [2.75, 3.05) is 5.32 Å². The maximum absolute atomic E-state index is 12.7. The van der Waals surface area contributed by atoms with E-state index in [4.69, 9.17) is 4.74 Å². The highest BCUT2D eigenvalue weighted by atomic mass is 19.3. The smallest absolute Gasteiger partial charge is 0.412 e. The number of hydrogen-bond donors (Lipinski definition) is 1. The predicted molar refractivity (Wildman–Crippen MR) is 65.3 cm³/mol. The maximum Gasteiger partial charge on any atom is 0.412 e. The first kappa shape index (κ1) is 15.1. The number of ether oxygens (including phenoxy) is 2. The van der Waals surface area contributed by atoms with Gasteiger partial charge in [0.1, 0.15) is 11.4 Å². The lowest BCUT2D eigenvalue weighted by atomic mass is 10.2. The molecule has 0 radical (unpaired) electrons. The van der Waals surface area contributed by atoms with Crippen LogP contribution < -0.4 is 10.1 Å². The SMILES string of the molecule is CC(C)(C)OC(=O)Nc1cncc(OC(C)(F)F)c1. The number of nitrogens with zero attached hydrogens (tertiary/aromatic N) is 1. The van der Waals surface area contributed by atoms with Crippen molar-refractivity contribution in [1.82, 2.24) is 4.98 Å².